The van der Waals surface area contributed by atoms with Gasteiger partial charge in [-0.2, -0.15) is 0 Å². The average molecular weight is 406 g/mol. The summed E-state index contributed by atoms with van der Waals surface area (Å²) in [5, 5.41) is 22.9. The van der Waals surface area contributed by atoms with Crippen molar-refractivity contribution in [1.82, 2.24) is 5.32 Å². The Morgan fingerprint density at radius 1 is 1.14 bits per heavy atom. The molecule has 3 fully saturated rings. The first-order valence-corrected chi connectivity index (χ1v) is 12.2. The van der Waals surface area contributed by atoms with Gasteiger partial charge in [-0.3, -0.25) is 4.79 Å². The number of fused-ring (bicyclic) bond motifs is 1. The molecule has 0 bridgehead atoms. The molecule has 0 aromatic heterocycles. The Morgan fingerprint density at radius 3 is 2.62 bits per heavy atom. The molecule has 166 valence electrons. The fraction of sp³-hybridized carbons (Fsp3) is 0.880. The summed E-state index contributed by atoms with van der Waals surface area (Å²) in [6.45, 7) is 5.47. The van der Waals surface area contributed by atoms with E-state index in [1.807, 2.05) is 0 Å². The third-order valence-corrected chi connectivity index (χ3v) is 8.65. The second-order valence-electron chi connectivity index (χ2n) is 10.2. The Bertz CT molecular complexity index is 576. The summed E-state index contributed by atoms with van der Waals surface area (Å²) >= 11 is 0. The zero-order valence-corrected chi connectivity index (χ0v) is 18.7. The SMILES string of the molecule is CCCCCCCC[C@H](O)CNC1CC2C[C@H]3C1(C/C=C\CCCC(=O)O)[C@]23C. The number of aliphatic hydroxyl groups excluding tert-OH is 1. The summed E-state index contributed by atoms with van der Waals surface area (Å²) in [4.78, 5) is 10.6. The molecule has 3 unspecified atom stereocenters. The number of allylic oxidation sites excluding steroid dienone is 2. The second-order valence-corrected chi connectivity index (χ2v) is 10.2. The molecule has 0 aromatic rings. The molecule has 3 N–H and O–H groups in total. The molecule has 0 radical (unpaired) electrons. The van der Waals surface area contributed by atoms with E-state index in [1.54, 1.807) is 0 Å². The lowest BCUT2D eigenvalue weighted by atomic mass is 9.73. The number of rotatable bonds is 16. The molecule has 0 amide bonds. The molecule has 3 aliphatic rings. The van der Waals surface area contributed by atoms with Crippen molar-refractivity contribution >= 4 is 5.97 Å². The number of carboxylic acids is 1. The van der Waals surface area contributed by atoms with E-state index < -0.39 is 5.97 Å². The predicted molar refractivity (Wildman–Crippen MR) is 118 cm³/mol. The van der Waals surface area contributed by atoms with Gasteiger partial charge in [-0.25, -0.2) is 0 Å². The molecular formula is C25H43NO3. The quantitative estimate of drug-likeness (QED) is 0.241. The first-order valence-electron chi connectivity index (χ1n) is 12.2. The molecule has 0 saturated heterocycles. The lowest BCUT2D eigenvalue weighted by molar-refractivity contribution is -0.137. The van der Waals surface area contributed by atoms with Crippen LogP contribution in [0, 0.1) is 22.7 Å². The molecule has 3 aliphatic carbocycles. The average Bonchev–Trinajstić information content (AvgIpc) is 3.03. The summed E-state index contributed by atoms with van der Waals surface area (Å²) < 4.78 is 0. The van der Waals surface area contributed by atoms with E-state index in [1.165, 1.54) is 44.9 Å². The van der Waals surface area contributed by atoms with E-state index in [-0.39, 0.29) is 12.5 Å². The van der Waals surface area contributed by atoms with Crippen molar-refractivity contribution in [2.75, 3.05) is 6.54 Å². The fourth-order valence-corrected chi connectivity index (χ4v) is 6.87. The topological polar surface area (TPSA) is 69.6 Å². The number of nitrogens with one attached hydrogen (secondary N) is 1. The Hall–Kier alpha value is -0.870. The minimum atomic E-state index is -0.702. The van der Waals surface area contributed by atoms with Crippen molar-refractivity contribution < 1.29 is 15.0 Å². The van der Waals surface area contributed by atoms with Gasteiger partial charge >= 0.3 is 5.97 Å². The Labute approximate surface area is 177 Å². The van der Waals surface area contributed by atoms with Crippen molar-refractivity contribution in [3.8, 4) is 0 Å². The van der Waals surface area contributed by atoms with E-state index in [0.29, 0.717) is 16.9 Å². The first kappa shape index (κ1) is 22.8. The highest BCUT2D eigenvalue weighted by Gasteiger charge is 2.87. The van der Waals surface area contributed by atoms with E-state index in [9.17, 15) is 9.90 Å². The molecule has 3 rings (SSSR count). The highest BCUT2D eigenvalue weighted by atomic mass is 16.4. The van der Waals surface area contributed by atoms with Crippen LogP contribution in [0.4, 0.5) is 0 Å². The molecule has 0 aliphatic heterocycles. The highest BCUT2D eigenvalue weighted by molar-refractivity contribution is 5.66. The van der Waals surface area contributed by atoms with Crippen LogP contribution in [0.15, 0.2) is 12.2 Å². The minimum Gasteiger partial charge on any atom is -0.481 e. The second kappa shape index (κ2) is 9.96. The van der Waals surface area contributed by atoms with Gasteiger partial charge in [-0.05, 0) is 61.2 Å². The molecule has 6 atom stereocenters. The zero-order valence-electron chi connectivity index (χ0n) is 18.7. The molecule has 4 heteroatoms. The maximum Gasteiger partial charge on any atom is 0.303 e. The summed E-state index contributed by atoms with van der Waals surface area (Å²) in [5.74, 6) is 1.01. The highest BCUT2D eigenvalue weighted by Crippen LogP contribution is 2.90. The molecule has 0 aromatic carbocycles. The lowest BCUT2D eigenvalue weighted by Gasteiger charge is -2.35. The van der Waals surface area contributed by atoms with Crippen LogP contribution < -0.4 is 5.32 Å². The van der Waals surface area contributed by atoms with E-state index in [0.717, 1.165) is 50.5 Å². The van der Waals surface area contributed by atoms with Gasteiger partial charge in [0.15, 0.2) is 0 Å². The number of hydrogen-bond donors (Lipinski definition) is 3. The summed E-state index contributed by atoms with van der Waals surface area (Å²) in [6.07, 6.45) is 18.5. The van der Waals surface area contributed by atoms with Crippen LogP contribution in [-0.4, -0.2) is 34.9 Å². The van der Waals surface area contributed by atoms with Gasteiger partial charge in [0.2, 0.25) is 0 Å². The molecule has 0 spiro atoms. The van der Waals surface area contributed by atoms with Crippen LogP contribution in [0.3, 0.4) is 0 Å². The smallest absolute Gasteiger partial charge is 0.303 e. The van der Waals surface area contributed by atoms with Gasteiger partial charge in [0, 0.05) is 19.0 Å². The van der Waals surface area contributed by atoms with Gasteiger partial charge in [-0.15, -0.1) is 0 Å². The monoisotopic (exact) mass is 405 g/mol. The van der Waals surface area contributed by atoms with Gasteiger partial charge in [-0.1, -0.05) is 64.5 Å². The van der Waals surface area contributed by atoms with Crippen LogP contribution in [0.1, 0.15) is 97.3 Å². The number of hydrogen-bond acceptors (Lipinski definition) is 3. The van der Waals surface area contributed by atoms with Crippen molar-refractivity contribution in [1.29, 1.82) is 0 Å². The van der Waals surface area contributed by atoms with E-state index >= 15 is 0 Å². The Morgan fingerprint density at radius 2 is 1.90 bits per heavy atom. The number of carbonyl (C=O) groups is 1. The molecule has 0 heterocycles. The lowest BCUT2D eigenvalue weighted by Crippen LogP contribution is -2.43. The van der Waals surface area contributed by atoms with Gasteiger partial charge in [0.1, 0.15) is 0 Å². The molecule has 3 saturated carbocycles. The number of aliphatic hydroxyl groups is 1. The molecule has 4 nitrogen and oxygen atoms in total. The van der Waals surface area contributed by atoms with E-state index in [2.05, 4.69) is 31.3 Å². The summed E-state index contributed by atoms with van der Waals surface area (Å²) in [5.41, 5.74) is 0.904. The zero-order chi connectivity index (χ0) is 20.9. The van der Waals surface area contributed by atoms with Gasteiger partial charge in [0.05, 0.1) is 6.10 Å². The number of unbranched alkanes of at least 4 members (excludes halogenated alkanes) is 6. The molecule has 29 heavy (non-hydrogen) atoms. The number of carboxylic acid groups (broad SMARTS) is 1. The minimum absolute atomic E-state index is 0.216. The van der Waals surface area contributed by atoms with Crippen LogP contribution >= 0.6 is 0 Å². The van der Waals surface area contributed by atoms with Crippen LogP contribution in [0.2, 0.25) is 0 Å². The Kier molecular flexibility index (Phi) is 7.83. The normalized spacial score (nSPS) is 35.5. The van der Waals surface area contributed by atoms with Crippen LogP contribution in [-0.2, 0) is 4.79 Å². The van der Waals surface area contributed by atoms with Crippen LogP contribution in [0.5, 0.6) is 0 Å². The van der Waals surface area contributed by atoms with Gasteiger partial charge < -0.3 is 15.5 Å². The Balaban J connectivity index is 1.38. The fourth-order valence-electron chi connectivity index (χ4n) is 6.87. The summed E-state index contributed by atoms with van der Waals surface area (Å²) in [6, 6.07) is 0.541. The van der Waals surface area contributed by atoms with Crippen molar-refractivity contribution in [2.45, 2.75) is 109 Å². The summed E-state index contributed by atoms with van der Waals surface area (Å²) in [7, 11) is 0. The van der Waals surface area contributed by atoms with E-state index in [4.69, 9.17) is 5.11 Å². The molecular weight excluding hydrogens is 362 g/mol. The largest absolute Gasteiger partial charge is 0.481 e. The van der Waals surface area contributed by atoms with Crippen molar-refractivity contribution in [2.24, 2.45) is 22.7 Å². The van der Waals surface area contributed by atoms with Crippen molar-refractivity contribution in [3.63, 3.8) is 0 Å². The predicted octanol–water partition coefficient (Wildman–Crippen LogP) is 5.30. The third-order valence-electron chi connectivity index (χ3n) is 8.65. The number of aliphatic carboxylic acids is 1. The standard InChI is InChI=1S/C25H43NO3/c1-3-4-5-6-7-10-13-20(27)18-26-22-17-19-16-21-24(19,2)25(21,22)15-12-9-8-11-14-23(28)29/h9,12,19-22,26-27H,3-8,10-11,13-18H2,1-2H3,(H,28,29)/b12-9-/t19?,20-,21+,22?,24+,25?/m0/s1. The third kappa shape index (κ3) is 4.58. The van der Waals surface area contributed by atoms with Crippen LogP contribution in [0.25, 0.3) is 0 Å². The van der Waals surface area contributed by atoms with Crippen molar-refractivity contribution in [3.05, 3.63) is 12.2 Å². The van der Waals surface area contributed by atoms with Gasteiger partial charge in [0.25, 0.3) is 0 Å². The first-order chi connectivity index (χ1) is 14.0. The maximum absolute atomic E-state index is 10.6. The maximum atomic E-state index is 10.6.